The molecule has 4 fully saturated rings. The number of piperidine rings is 2. The van der Waals surface area contributed by atoms with Crippen molar-refractivity contribution in [3.8, 4) is 22.4 Å². The van der Waals surface area contributed by atoms with Crippen molar-refractivity contribution in [2.24, 2.45) is 11.8 Å². The highest BCUT2D eigenvalue weighted by Crippen LogP contribution is 2.46. The van der Waals surface area contributed by atoms with Crippen molar-refractivity contribution in [2.45, 2.75) is 49.9 Å². The Morgan fingerprint density at radius 1 is 0.758 bits per heavy atom. The lowest BCUT2D eigenvalue weighted by Gasteiger charge is -2.09. The molecule has 8 rings (SSSR count). The Morgan fingerprint density at radius 2 is 1.45 bits per heavy atom. The second-order valence-corrected chi connectivity index (χ2v) is 10.4. The average Bonchev–Trinajstić information content (AvgIpc) is 3.41. The highest BCUT2D eigenvalue weighted by Gasteiger charge is 2.47. The molecule has 0 bridgehead atoms. The Labute approximate surface area is 190 Å². The fourth-order valence-corrected chi connectivity index (χ4v) is 5.99. The van der Waals surface area contributed by atoms with Gasteiger partial charge in [-0.05, 0) is 66.3 Å². The average molecular weight is 441 g/mol. The number of aromatic nitrogens is 4. The number of halogens is 1. The Bertz CT molecular complexity index is 1370. The van der Waals surface area contributed by atoms with Crippen molar-refractivity contribution in [2.75, 3.05) is 0 Å². The third-order valence-corrected chi connectivity index (χ3v) is 8.10. The molecular formula is C26H25FN6. The number of H-pyrrole nitrogens is 2. The van der Waals surface area contributed by atoms with Gasteiger partial charge in [-0.25, -0.2) is 14.4 Å². The van der Waals surface area contributed by atoms with E-state index in [1.54, 1.807) is 6.07 Å². The van der Waals surface area contributed by atoms with Crippen LogP contribution in [-0.4, -0.2) is 32.0 Å². The quantitative estimate of drug-likeness (QED) is 0.374. The highest BCUT2D eigenvalue weighted by molar-refractivity contribution is 5.83. The van der Waals surface area contributed by atoms with Gasteiger partial charge in [-0.15, -0.1) is 0 Å². The van der Waals surface area contributed by atoms with Gasteiger partial charge < -0.3 is 20.6 Å². The molecule has 33 heavy (non-hydrogen) atoms. The lowest BCUT2D eigenvalue weighted by molar-refractivity contribution is 0.543. The number of nitrogens with zero attached hydrogens (tertiary/aromatic N) is 2. The molecule has 0 radical (unpaired) electrons. The van der Waals surface area contributed by atoms with E-state index in [0.717, 1.165) is 57.8 Å². The molecule has 2 aromatic carbocycles. The minimum absolute atomic E-state index is 0.216. The molecule has 0 unspecified atom stereocenters. The predicted molar refractivity (Wildman–Crippen MR) is 124 cm³/mol. The van der Waals surface area contributed by atoms with Gasteiger partial charge in [0.1, 0.15) is 17.2 Å². The number of hydrogen-bond donors (Lipinski definition) is 4. The number of hydrogen-bond acceptors (Lipinski definition) is 4. The van der Waals surface area contributed by atoms with Crippen LogP contribution in [0.3, 0.4) is 0 Å². The van der Waals surface area contributed by atoms with Crippen LogP contribution in [0, 0.1) is 17.7 Å². The monoisotopic (exact) mass is 440 g/mol. The fraction of sp³-hybridized carbons (Fsp3) is 0.385. The number of fused-ring (bicyclic) bond motifs is 3. The SMILES string of the molecule is Fc1cc(-c2ccc(-c3cnc([C@@H]4C[C@H]5C[C@H]5N4)[nH]3)cc2)cc2[nH]c([C@@H]3C[C@H]4C[C@H]4N3)nc12. The fourth-order valence-electron chi connectivity index (χ4n) is 5.99. The topological polar surface area (TPSA) is 81.4 Å². The summed E-state index contributed by atoms with van der Waals surface area (Å²) >= 11 is 0. The predicted octanol–water partition coefficient (Wildman–Crippen LogP) is 4.60. The normalized spacial score (nSPS) is 31.7. The lowest BCUT2D eigenvalue weighted by Crippen LogP contribution is -2.18. The molecule has 6 atom stereocenters. The van der Waals surface area contributed by atoms with Crippen LogP contribution in [-0.2, 0) is 0 Å². The van der Waals surface area contributed by atoms with Gasteiger partial charge in [-0.1, -0.05) is 24.3 Å². The number of rotatable bonds is 4. The number of aromatic amines is 2. The summed E-state index contributed by atoms with van der Waals surface area (Å²) < 4.78 is 14.9. The van der Waals surface area contributed by atoms with Gasteiger partial charge in [0.05, 0.1) is 29.5 Å². The van der Waals surface area contributed by atoms with Crippen LogP contribution in [0.4, 0.5) is 4.39 Å². The van der Waals surface area contributed by atoms with E-state index in [0.29, 0.717) is 23.6 Å². The Balaban J connectivity index is 1.06. The number of imidazole rings is 2. The first kappa shape index (κ1) is 18.4. The summed E-state index contributed by atoms with van der Waals surface area (Å²) in [6.07, 6.45) is 6.76. The van der Waals surface area contributed by atoms with E-state index in [4.69, 9.17) is 0 Å². The zero-order valence-electron chi connectivity index (χ0n) is 18.1. The molecule has 0 amide bonds. The van der Waals surface area contributed by atoms with Crippen molar-refractivity contribution in [3.05, 3.63) is 60.1 Å². The largest absolute Gasteiger partial charge is 0.341 e. The summed E-state index contributed by atoms with van der Waals surface area (Å²) in [6, 6.07) is 13.7. The molecule has 6 nitrogen and oxygen atoms in total. The van der Waals surface area contributed by atoms with E-state index in [9.17, 15) is 4.39 Å². The second kappa shape index (κ2) is 6.52. The van der Waals surface area contributed by atoms with Crippen LogP contribution in [0.25, 0.3) is 33.4 Å². The van der Waals surface area contributed by atoms with Gasteiger partial charge in [0.25, 0.3) is 0 Å². The van der Waals surface area contributed by atoms with Crippen LogP contribution in [0.1, 0.15) is 49.4 Å². The summed E-state index contributed by atoms with van der Waals surface area (Å²) in [6.45, 7) is 0. The second-order valence-electron chi connectivity index (χ2n) is 10.4. The zero-order valence-corrected chi connectivity index (χ0v) is 18.1. The molecule has 4 aliphatic rings. The molecule has 4 heterocycles. The van der Waals surface area contributed by atoms with Gasteiger partial charge >= 0.3 is 0 Å². The Morgan fingerprint density at radius 3 is 2.15 bits per heavy atom. The van der Waals surface area contributed by atoms with Crippen molar-refractivity contribution in [3.63, 3.8) is 0 Å². The molecule has 4 aromatic rings. The van der Waals surface area contributed by atoms with E-state index in [-0.39, 0.29) is 11.9 Å². The molecule has 7 heteroatoms. The van der Waals surface area contributed by atoms with Crippen molar-refractivity contribution in [1.82, 2.24) is 30.6 Å². The van der Waals surface area contributed by atoms with Crippen LogP contribution >= 0.6 is 0 Å². The minimum atomic E-state index is -0.280. The smallest absolute Gasteiger partial charge is 0.151 e. The molecule has 4 N–H and O–H groups in total. The van der Waals surface area contributed by atoms with Crippen LogP contribution in [0.2, 0.25) is 0 Å². The first-order chi connectivity index (χ1) is 16.2. The molecule has 0 spiro atoms. The van der Waals surface area contributed by atoms with E-state index in [2.05, 4.69) is 42.7 Å². The van der Waals surface area contributed by atoms with Gasteiger partial charge in [0.15, 0.2) is 5.82 Å². The number of nitrogens with one attached hydrogen (secondary N) is 4. The molecule has 2 saturated carbocycles. The van der Waals surface area contributed by atoms with E-state index in [1.165, 1.54) is 19.3 Å². The Kier molecular flexibility index (Phi) is 3.63. The Hall–Kier alpha value is -3.03. The van der Waals surface area contributed by atoms with E-state index < -0.39 is 0 Å². The third kappa shape index (κ3) is 2.99. The maximum atomic E-state index is 14.9. The highest BCUT2D eigenvalue weighted by atomic mass is 19.1. The van der Waals surface area contributed by atoms with Gasteiger partial charge in [-0.3, -0.25) is 0 Å². The maximum Gasteiger partial charge on any atom is 0.151 e. The van der Waals surface area contributed by atoms with Gasteiger partial charge in [0, 0.05) is 12.1 Å². The molecule has 2 aliphatic heterocycles. The number of benzene rings is 2. The van der Waals surface area contributed by atoms with Crippen molar-refractivity contribution < 1.29 is 4.39 Å². The molecular weight excluding hydrogens is 415 g/mol. The summed E-state index contributed by atoms with van der Waals surface area (Å²) in [5.41, 5.74) is 5.11. The molecule has 166 valence electrons. The standard InChI is InChI=1S/C26H25FN6/c27-17-5-14(6-20-24(17)33-26(31-20)22-10-16-8-19(16)30-22)12-1-3-13(4-2-12)23-11-28-25(32-23)21-9-15-7-18(15)29-21/h1-6,11,15-16,18-19,21-22,29-30H,7-10H2,(H,28,32)(H,31,33)/t15-,16-,18-,19-,21+,22+/m1/s1. The van der Waals surface area contributed by atoms with E-state index in [1.807, 2.05) is 24.4 Å². The zero-order chi connectivity index (χ0) is 21.7. The minimum Gasteiger partial charge on any atom is -0.341 e. The summed E-state index contributed by atoms with van der Waals surface area (Å²) in [5.74, 6) is 3.21. The van der Waals surface area contributed by atoms with Gasteiger partial charge in [-0.2, -0.15) is 0 Å². The van der Waals surface area contributed by atoms with Crippen LogP contribution < -0.4 is 10.6 Å². The third-order valence-electron chi connectivity index (χ3n) is 8.10. The molecule has 2 saturated heterocycles. The van der Waals surface area contributed by atoms with Crippen LogP contribution in [0.15, 0.2) is 42.6 Å². The molecule has 2 aliphatic carbocycles. The first-order valence-corrected chi connectivity index (χ1v) is 12.0. The van der Waals surface area contributed by atoms with E-state index >= 15 is 0 Å². The summed E-state index contributed by atoms with van der Waals surface area (Å²) in [5, 5.41) is 7.23. The summed E-state index contributed by atoms with van der Waals surface area (Å²) in [7, 11) is 0. The maximum absolute atomic E-state index is 14.9. The summed E-state index contributed by atoms with van der Waals surface area (Å²) in [4.78, 5) is 16.0. The van der Waals surface area contributed by atoms with Crippen molar-refractivity contribution in [1.29, 1.82) is 0 Å². The first-order valence-electron chi connectivity index (χ1n) is 12.0. The van der Waals surface area contributed by atoms with Crippen LogP contribution in [0.5, 0.6) is 0 Å². The van der Waals surface area contributed by atoms with Crippen molar-refractivity contribution >= 4 is 11.0 Å². The lowest BCUT2D eigenvalue weighted by atomic mass is 10.0. The van der Waals surface area contributed by atoms with Gasteiger partial charge in [0.2, 0.25) is 0 Å². The molecule has 2 aromatic heterocycles.